The molecule has 0 fully saturated rings. The third-order valence-electron chi connectivity index (χ3n) is 1.28. The van der Waals surface area contributed by atoms with E-state index in [-0.39, 0.29) is 5.91 Å². The van der Waals surface area contributed by atoms with Crippen LogP contribution in [0.2, 0.25) is 0 Å². The normalized spacial score (nSPS) is 10.4. The first-order valence-corrected chi connectivity index (χ1v) is 4.07. The van der Waals surface area contributed by atoms with Crippen molar-refractivity contribution in [3.63, 3.8) is 0 Å². The minimum atomic E-state index is -0.741. The number of hydrogen-bond acceptors (Lipinski definition) is 3. The maximum Gasteiger partial charge on any atom is 0.279 e. The molecule has 0 aromatic heterocycles. The van der Waals surface area contributed by atoms with E-state index in [9.17, 15) is 4.79 Å². The summed E-state index contributed by atoms with van der Waals surface area (Å²) in [5.74, 6) is -0.154. The van der Waals surface area contributed by atoms with Crippen molar-refractivity contribution in [1.82, 2.24) is 4.90 Å². The zero-order chi connectivity index (χ0) is 9.56. The summed E-state index contributed by atoms with van der Waals surface area (Å²) in [5.41, 5.74) is 0. The number of nitrogens with zero attached hydrogens (tertiary/aromatic N) is 1. The topological polar surface area (TPSA) is 38.8 Å². The molecule has 4 nitrogen and oxygen atoms in total. The van der Waals surface area contributed by atoms with Gasteiger partial charge >= 0.3 is 0 Å². The Morgan fingerprint density at radius 1 is 1.25 bits per heavy atom. The predicted octanol–water partition coefficient (Wildman–Crippen LogP) is 0.474. The number of rotatable bonds is 5. The van der Waals surface area contributed by atoms with Crippen LogP contribution in [0.15, 0.2) is 0 Å². The standard InChI is InChI=1S/C8H17NO3/c1-5-11-8(12-6-2)7(10)9(3)4/h8H,5-6H2,1-4H3. The van der Waals surface area contributed by atoms with Crippen LogP contribution in [0.4, 0.5) is 0 Å². The second kappa shape index (κ2) is 5.97. The lowest BCUT2D eigenvalue weighted by Crippen LogP contribution is -2.37. The van der Waals surface area contributed by atoms with Crippen molar-refractivity contribution >= 4 is 5.91 Å². The number of hydrogen-bond donors (Lipinski definition) is 0. The molecule has 0 heterocycles. The Morgan fingerprint density at radius 2 is 1.67 bits per heavy atom. The Bertz CT molecular complexity index is 130. The molecule has 0 aliphatic heterocycles. The summed E-state index contributed by atoms with van der Waals surface area (Å²) in [6.45, 7) is 4.61. The van der Waals surface area contributed by atoms with Gasteiger partial charge in [0.2, 0.25) is 6.29 Å². The molecule has 0 aromatic rings. The fourth-order valence-corrected chi connectivity index (χ4v) is 0.704. The number of ether oxygens (including phenoxy) is 2. The third kappa shape index (κ3) is 3.69. The molecule has 72 valence electrons. The van der Waals surface area contributed by atoms with E-state index in [4.69, 9.17) is 9.47 Å². The first-order chi connectivity index (χ1) is 5.63. The molecule has 0 aromatic carbocycles. The number of likely N-dealkylation sites (N-methyl/N-ethyl adjacent to an activating group) is 1. The smallest absolute Gasteiger partial charge is 0.279 e. The van der Waals surface area contributed by atoms with E-state index in [1.54, 1.807) is 14.1 Å². The van der Waals surface area contributed by atoms with Gasteiger partial charge in [-0.3, -0.25) is 4.79 Å². The lowest BCUT2D eigenvalue weighted by molar-refractivity contribution is -0.178. The maximum absolute atomic E-state index is 11.3. The summed E-state index contributed by atoms with van der Waals surface area (Å²) in [7, 11) is 3.35. The summed E-state index contributed by atoms with van der Waals surface area (Å²) >= 11 is 0. The van der Waals surface area contributed by atoms with E-state index in [0.717, 1.165) is 0 Å². The van der Waals surface area contributed by atoms with Crippen LogP contribution in [-0.2, 0) is 14.3 Å². The SMILES string of the molecule is CCOC(OCC)C(=O)N(C)C. The molecule has 12 heavy (non-hydrogen) atoms. The quantitative estimate of drug-likeness (QED) is 0.570. The Balaban J connectivity index is 3.99. The predicted molar refractivity (Wildman–Crippen MR) is 45.7 cm³/mol. The van der Waals surface area contributed by atoms with E-state index in [2.05, 4.69) is 0 Å². The molecule has 0 spiro atoms. The van der Waals surface area contributed by atoms with Crippen LogP contribution < -0.4 is 0 Å². The molecule has 0 saturated carbocycles. The molecule has 0 saturated heterocycles. The average Bonchev–Trinajstić information content (AvgIpc) is 2.03. The molecule has 0 aliphatic rings. The van der Waals surface area contributed by atoms with Gasteiger partial charge in [0.1, 0.15) is 0 Å². The van der Waals surface area contributed by atoms with Gasteiger partial charge in [0.25, 0.3) is 5.91 Å². The number of amides is 1. The number of carbonyl (C=O) groups excluding carboxylic acids is 1. The Hall–Kier alpha value is -0.610. The van der Waals surface area contributed by atoms with Crippen molar-refractivity contribution in [2.75, 3.05) is 27.3 Å². The lowest BCUT2D eigenvalue weighted by Gasteiger charge is -2.19. The highest BCUT2D eigenvalue weighted by atomic mass is 16.7. The molecular formula is C8H17NO3. The van der Waals surface area contributed by atoms with Crippen LogP contribution in [0.3, 0.4) is 0 Å². The van der Waals surface area contributed by atoms with Gasteiger partial charge in [-0.1, -0.05) is 0 Å². The van der Waals surface area contributed by atoms with Crippen LogP contribution in [0.25, 0.3) is 0 Å². The van der Waals surface area contributed by atoms with E-state index >= 15 is 0 Å². The van der Waals surface area contributed by atoms with Gasteiger partial charge in [0.15, 0.2) is 0 Å². The van der Waals surface area contributed by atoms with Crippen molar-refractivity contribution in [3.8, 4) is 0 Å². The minimum absolute atomic E-state index is 0.154. The second-order valence-electron chi connectivity index (χ2n) is 2.48. The van der Waals surface area contributed by atoms with Crippen LogP contribution in [0.5, 0.6) is 0 Å². The zero-order valence-electron chi connectivity index (χ0n) is 8.16. The molecule has 0 aliphatic carbocycles. The average molecular weight is 175 g/mol. The Morgan fingerprint density at radius 3 is 1.92 bits per heavy atom. The van der Waals surface area contributed by atoms with Gasteiger partial charge < -0.3 is 14.4 Å². The molecule has 4 heteroatoms. The lowest BCUT2D eigenvalue weighted by atomic mass is 10.5. The second-order valence-corrected chi connectivity index (χ2v) is 2.48. The fourth-order valence-electron chi connectivity index (χ4n) is 0.704. The molecule has 0 bridgehead atoms. The molecule has 1 amide bonds. The van der Waals surface area contributed by atoms with E-state index in [1.807, 2.05) is 13.8 Å². The van der Waals surface area contributed by atoms with Crippen molar-refractivity contribution in [3.05, 3.63) is 0 Å². The molecule has 0 radical (unpaired) electrons. The highest BCUT2D eigenvalue weighted by Crippen LogP contribution is 1.98. The fraction of sp³-hybridized carbons (Fsp3) is 0.875. The van der Waals surface area contributed by atoms with Crippen molar-refractivity contribution < 1.29 is 14.3 Å². The first kappa shape index (κ1) is 11.4. The highest BCUT2D eigenvalue weighted by molar-refractivity contribution is 5.79. The van der Waals surface area contributed by atoms with Gasteiger partial charge in [-0.15, -0.1) is 0 Å². The van der Waals surface area contributed by atoms with Gasteiger partial charge in [0.05, 0.1) is 0 Å². The summed E-state index contributed by atoms with van der Waals surface area (Å²) in [6.07, 6.45) is -0.741. The van der Waals surface area contributed by atoms with Crippen LogP contribution >= 0.6 is 0 Å². The summed E-state index contributed by atoms with van der Waals surface area (Å²) in [4.78, 5) is 12.8. The largest absolute Gasteiger partial charge is 0.345 e. The molecule has 0 N–H and O–H groups in total. The zero-order valence-corrected chi connectivity index (χ0v) is 8.16. The highest BCUT2D eigenvalue weighted by Gasteiger charge is 2.19. The Kier molecular flexibility index (Phi) is 5.66. The van der Waals surface area contributed by atoms with Crippen LogP contribution in [-0.4, -0.2) is 44.4 Å². The summed E-state index contributed by atoms with van der Waals surface area (Å²) in [6, 6.07) is 0. The maximum atomic E-state index is 11.3. The third-order valence-corrected chi connectivity index (χ3v) is 1.28. The van der Waals surface area contributed by atoms with Crippen molar-refractivity contribution in [2.45, 2.75) is 20.1 Å². The van der Waals surface area contributed by atoms with E-state index in [1.165, 1.54) is 4.90 Å². The molecule has 0 unspecified atom stereocenters. The molecule has 0 atom stereocenters. The minimum Gasteiger partial charge on any atom is -0.345 e. The number of carbonyl (C=O) groups is 1. The van der Waals surface area contributed by atoms with E-state index in [0.29, 0.717) is 13.2 Å². The van der Waals surface area contributed by atoms with Gasteiger partial charge in [-0.05, 0) is 13.8 Å². The summed E-state index contributed by atoms with van der Waals surface area (Å²) in [5, 5.41) is 0. The molecule has 0 rings (SSSR count). The van der Waals surface area contributed by atoms with Gasteiger partial charge in [-0.25, -0.2) is 0 Å². The van der Waals surface area contributed by atoms with Crippen LogP contribution in [0.1, 0.15) is 13.8 Å². The first-order valence-electron chi connectivity index (χ1n) is 4.07. The summed E-state index contributed by atoms with van der Waals surface area (Å²) < 4.78 is 10.2. The Labute approximate surface area is 73.4 Å². The van der Waals surface area contributed by atoms with E-state index < -0.39 is 6.29 Å². The van der Waals surface area contributed by atoms with Gasteiger partial charge in [0, 0.05) is 27.3 Å². The van der Waals surface area contributed by atoms with Gasteiger partial charge in [-0.2, -0.15) is 0 Å². The van der Waals surface area contributed by atoms with Crippen molar-refractivity contribution in [2.24, 2.45) is 0 Å². The monoisotopic (exact) mass is 175 g/mol. The van der Waals surface area contributed by atoms with Crippen molar-refractivity contribution in [1.29, 1.82) is 0 Å². The molecular weight excluding hydrogens is 158 g/mol. The van der Waals surface area contributed by atoms with Crippen LogP contribution in [0, 0.1) is 0 Å².